The summed E-state index contributed by atoms with van der Waals surface area (Å²) in [6.45, 7) is 4.32. The minimum absolute atomic E-state index is 0.119. The number of phosphoric ester groups is 1. The molecular formula is C60H101O11P. The molecule has 0 radical (unpaired) electrons. The number of esters is 3. The highest BCUT2D eigenvalue weighted by atomic mass is 31.2. The van der Waals surface area contributed by atoms with Crippen molar-refractivity contribution in [2.24, 2.45) is 0 Å². The van der Waals surface area contributed by atoms with Crippen LogP contribution in [0.5, 0.6) is 0 Å². The second kappa shape index (κ2) is 53.7. The molecule has 0 aliphatic heterocycles. The number of hydrogen-bond donors (Lipinski definition) is 2. The molecule has 3 atom stereocenters. The van der Waals surface area contributed by atoms with Gasteiger partial charge in [-0.1, -0.05) is 189 Å². The Balaban J connectivity index is 4.80. The molecule has 0 aromatic heterocycles. The van der Waals surface area contributed by atoms with Gasteiger partial charge in [-0.05, 0) is 116 Å². The molecule has 412 valence electrons. The molecule has 12 heteroatoms. The Hall–Kier alpha value is -3.60. The fourth-order valence-corrected chi connectivity index (χ4v) is 8.02. The Morgan fingerprint density at radius 1 is 0.403 bits per heavy atom. The van der Waals surface area contributed by atoms with Crippen LogP contribution in [0.4, 0.5) is 0 Å². The minimum Gasteiger partial charge on any atom is -0.462 e. The van der Waals surface area contributed by atoms with Gasteiger partial charge in [0.05, 0.1) is 19.8 Å². The van der Waals surface area contributed by atoms with Crippen molar-refractivity contribution in [2.45, 2.75) is 238 Å². The lowest BCUT2D eigenvalue weighted by Crippen LogP contribution is -2.30. The van der Waals surface area contributed by atoms with Crippen molar-refractivity contribution in [1.82, 2.24) is 0 Å². The first-order chi connectivity index (χ1) is 35.2. The Bertz CT molecular complexity index is 1580. The van der Waals surface area contributed by atoms with E-state index >= 15 is 0 Å². The number of ether oxygens (including phenoxy) is 3. The van der Waals surface area contributed by atoms with Crippen molar-refractivity contribution in [1.29, 1.82) is 0 Å². The maximum absolute atomic E-state index is 12.9. The normalized spacial score (nSPS) is 14.1. The fraction of sp³-hybridized carbons (Fsp3) is 0.683. The number of allylic oxidation sites excluding steroid dienone is 16. The molecule has 0 amide bonds. The second-order valence-electron chi connectivity index (χ2n) is 18.3. The molecule has 2 N–H and O–H groups in total. The highest BCUT2D eigenvalue weighted by molar-refractivity contribution is 7.47. The van der Waals surface area contributed by atoms with Crippen molar-refractivity contribution in [2.75, 3.05) is 26.4 Å². The van der Waals surface area contributed by atoms with Crippen molar-refractivity contribution in [3.63, 3.8) is 0 Å². The summed E-state index contributed by atoms with van der Waals surface area (Å²) in [5.41, 5.74) is 0. The molecule has 0 heterocycles. The Kier molecular flexibility index (Phi) is 51.0. The van der Waals surface area contributed by atoms with Gasteiger partial charge in [0.15, 0.2) is 6.10 Å². The summed E-state index contributed by atoms with van der Waals surface area (Å²) in [5.74, 6) is -1.55. The molecule has 0 spiro atoms. The monoisotopic (exact) mass is 1030 g/mol. The summed E-state index contributed by atoms with van der Waals surface area (Å²) < 4.78 is 39.4. The highest BCUT2D eigenvalue weighted by Gasteiger charge is 2.28. The smallest absolute Gasteiger partial charge is 0.462 e. The number of aliphatic hydroxyl groups excluding tert-OH is 1. The predicted molar refractivity (Wildman–Crippen MR) is 297 cm³/mol. The van der Waals surface area contributed by atoms with Crippen LogP contribution in [0.25, 0.3) is 0 Å². The van der Waals surface area contributed by atoms with E-state index in [1.807, 2.05) is 0 Å². The first kappa shape index (κ1) is 68.4. The van der Waals surface area contributed by atoms with Crippen LogP contribution in [0.3, 0.4) is 0 Å². The number of hydrogen-bond acceptors (Lipinski definition) is 10. The molecular weight excluding hydrogens is 928 g/mol. The van der Waals surface area contributed by atoms with Crippen LogP contribution in [0.2, 0.25) is 0 Å². The van der Waals surface area contributed by atoms with Gasteiger partial charge in [0.1, 0.15) is 12.7 Å². The summed E-state index contributed by atoms with van der Waals surface area (Å²) in [6, 6.07) is 0. The fourth-order valence-electron chi connectivity index (χ4n) is 7.24. The average molecular weight is 1030 g/mol. The third kappa shape index (κ3) is 51.3. The minimum atomic E-state index is -4.77. The molecule has 0 aliphatic rings. The van der Waals surface area contributed by atoms with E-state index in [0.29, 0.717) is 19.3 Å². The first-order valence-electron chi connectivity index (χ1n) is 28.1. The summed E-state index contributed by atoms with van der Waals surface area (Å²) in [5, 5.41) is 9.80. The molecule has 3 unspecified atom stereocenters. The molecule has 0 aromatic rings. The summed E-state index contributed by atoms with van der Waals surface area (Å²) in [6.07, 6.45) is 62.3. The van der Waals surface area contributed by atoms with Crippen LogP contribution in [-0.4, -0.2) is 66.5 Å². The Morgan fingerprint density at radius 2 is 0.722 bits per heavy atom. The zero-order valence-electron chi connectivity index (χ0n) is 45.4. The lowest BCUT2D eigenvalue weighted by molar-refractivity contribution is -0.161. The molecule has 0 aliphatic carbocycles. The van der Waals surface area contributed by atoms with Gasteiger partial charge in [-0.25, -0.2) is 4.57 Å². The van der Waals surface area contributed by atoms with E-state index in [1.54, 1.807) is 0 Å². The predicted octanol–water partition coefficient (Wildman–Crippen LogP) is 16.5. The van der Waals surface area contributed by atoms with Crippen LogP contribution >= 0.6 is 7.82 Å². The van der Waals surface area contributed by atoms with E-state index < -0.39 is 57.8 Å². The van der Waals surface area contributed by atoms with Gasteiger partial charge in [-0.15, -0.1) is 0 Å². The van der Waals surface area contributed by atoms with E-state index in [0.717, 1.165) is 109 Å². The van der Waals surface area contributed by atoms with Gasteiger partial charge >= 0.3 is 25.7 Å². The maximum atomic E-state index is 12.9. The van der Waals surface area contributed by atoms with Gasteiger partial charge in [-0.2, -0.15) is 0 Å². The van der Waals surface area contributed by atoms with Gasteiger partial charge < -0.3 is 24.2 Å². The molecule has 0 saturated carbocycles. The summed E-state index contributed by atoms with van der Waals surface area (Å²) in [4.78, 5) is 48.5. The number of carbonyl (C=O) groups is 3. The highest BCUT2D eigenvalue weighted by Crippen LogP contribution is 2.43. The van der Waals surface area contributed by atoms with Gasteiger partial charge in [-0.3, -0.25) is 23.4 Å². The number of aliphatic hydroxyl groups is 1. The molecule has 0 saturated heterocycles. The molecule has 0 rings (SSSR count). The quantitative estimate of drug-likeness (QED) is 0.0197. The molecule has 11 nitrogen and oxygen atoms in total. The van der Waals surface area contributed by atoms with Crippen LogP contribution in [0.1, 0.15) is 226 Å². The zero-order valence-corrected chi connectivity index (χ0v) is 46.3. The second-order valence-corrected chi connectivity index (χ2v) is 19.8. The van der Waals surface area contributed by atoms with Crippen LogP contribution in [-0.2, 0) is 42.2 Å². The summed E-state index contributed by atoms with van der Waals surface area (Å²) >= 11 is 0. The Morgan fingerprint density at radius 3 is 1.17 bits per heavy atom. The van der Waals surface area contributed by atoms with E-state index in [1.165, 1.54) is 57.8 Å². The van der Waals surface area contributed by atoms with E-state index in [-0.39, 0.29) is 25.9 Å². The van der Waals surface area contributed by atoms with Crippen molar-refractivity contribution >= 4 is 25.7 Å². The molecule has 0 aromatic carbocycles. The van der Waals surface area contributed by atoms with Crippen LogP contribution in [0, 0.1) is 0 Å². The maximum Gasteiger partial charge on any atom is 0.472 e. The third-order valence-corrected chi connectivity index (χ3v) is 12.4. The van der Waals surface area contributed by atoms with E-state index in [2.05, 4.69) is 118 Å². The zero-order chi connectivity index (χ0) is 52.7. The van der Waals surface area contributed by atoms with Crippen LogP contribution < -0.4 is 0 Å². The summed E-state index contributed by atoms with van der Waals surface area (Å²) in [7, 11) is -4.77. The largest absolute Gasteiger partial charge is 0.472 e. The lowest BCUT2D eigenvalue weighted by atomic mass is 10.1. The number of unbranched alkanes of at least 4 members (excludes halogenated alkanes) is 18. The Labute approximate surface area is 438 Å². The average Bonchev–Trinajstić information content (AvgIpc) is 3.37. The van der Waals surface area contributed by atoms with E-state index in [4.69, 9.17) is 23.3 Å². The molecule has 0 bridgehead atoms. The van der Waals surface area contributed by atoms with Gasteiger partial charge in [0, 0.05) is 19.3 Å². The third-order valence-electron chi connectivity index (χ3n) is 11.5. The van der Waals surface area contributed by atoms with E-state index in [9.17, 15) is 28.9 Å². The molecule has 0 fully saturated rings. The van der Waals surface area contributed by atoms with Crippen molar-refractivity contribution in [3.8, 4) is 0 Å². The van der Waals surface area contributed by atoms with Gasteiger partial charge in [0.25, 0.3) is 0 Å². The number of rotatable bonds is 51. The molecule has 72 heavy (non-hydrogen) atoms. The topological polar surface area (TPSA) is 155 Å². The van der Waals surface area contributed by atoms with Crippen molar-refractivity contribution in [3.05, 3.63) is 97.2 Å². The SMILES string of the molecule is CC/C=C\C/C=C\C/C=C\C/C=C\CCCCC(=O)OC(CO)COP(=O)(O)OCC(COC(=O)CCCCC/C=C\C/C=C\C/C=C\CC)OC(=O)CCCCCCCCC/C=C\CCCCCCCC. The first-order valence-corrected chi connectivity index (χ1v) is 29.6. The number of carbonyl (C=O) groups excluding carboxylic acids is 3. The van der Waals surface area contributed by atoms with Gasteiger partial charge in [0.2, 0.25) is 0 Å². The lowest BCUT2D eigenvalue weighted by Gasteiger charge is -2.21. The van der Waals surface area contributed by atoms with Crippen LogP contribution in [0.15, 0.2) is 97.2 Å². The number of phosphoric acid groups is 1. The van der Waals surface area contributed by atoms with Crippen molar-refractivity contribution < 1.29 is 52.2 Å². The standard InChI is InChI=1S/C60H101O11P/c1-4-7-10-13-16-19-22-25-27-28-30-33-36-39-42-45-48-51-60(64)71-57(53-67-58(62)49-46-43-40-37-34-31-24-21-18-15-12-9-6-3)55-69-72(65,66)68-54-56(52-61)70-59(63)50-47-44-41-38-35-32-29-26-23-20-17-14-11-8-5-2/h8-9,11-12,17-18,20-21,25-27,29,31,34-35,38,56-57,61H,4-7,10,13-16,19,22-24,28,30,32-33,36-37,39-55H2,1-3H3,(H,65,66)/b11-8-,12-9-,20-17-,21-18-,27-25-,29-26-,34-31-,38-35-.